The summed E-state index contributed by atoms with van der Waals surface area (Å²) in [7, 11) is 0. The molecule has 0 bridgehead atoms. The Morgan fingerprint density at radius 3 is 2.20 bits per heavy atom. The van der Waals surface area contributed by atoms with E-state index in [2.05, 4.69) is 24.0 Å². The van der Waals surface area contributed by atoms with Crippen molar-refractivity contribution in [2.75, 3.05) is 26.3 Å². The Hall–Kier alpha value is -0.420. The fourth-order valence-electron chi connectivity index (χ4n) is 1.47. The maximum absolute atomic E-state index is 8.87. The summed E-state index contributed by atoms with van der Waals surface area (Å²) < 4.78 is 0. The third-order valence-electron chi connectivity index (χ3n) is 2.28. The highest BCUT2D eigenvalue weighted by Gasteiger charge is 2.06. The summed E-state index contributed by atoms with van der Waals surface area (Å²) in [4.78, 5) is 4.75. The van der Waals surface area contributed by atoms with Gasteiger partial charge in [-0.3, -0.25) is 4.90 Å². The third kappa shape index (κ3) is 4.30. The number of rotatable bonds is 7. The Morgan fingerprint density at radius 2 is 1.73 bits per heavy atom. The molecule has 0 atom stereocenters. The number of hydrogen-bond acceptors (Lipinski definition) is 4. The quantitative estimate of drug-likeness (QED) is 0.736. The molecule has 15 heavy (non-hydrogen) atoms. The Balaban J connectivity index is 2.48. The van der Waals surface area contributed by atoms with Gasteiger partial charge in [-0.2, -0.15) is 0 Å². The van der Waals surface area contributed by atoms with Crippen molar-refractivity contribution in [3.63, 3.8) is 0 Å². The first-order valence-electron chi connectivity index (χ1n) is 5.31. The molecular formula is C11H19NO2S. The maximum atomic E-state index is 8.87. The van der Waals surface area contributed by atoms with Crippen LogP contribution in [0.5, 0.6) is 0 Å². The number of nitrogens with zero attached hydrogens (tertiary/aromatic N) is 1. The van der Waals surface area contributed by atoms with Gasteiger partial charge < -0.3 is 10.2 Å². The Kier molecular flexibility index (Phi) is 5.86. The molecule has 0 amide bonds. The van der Waals surface area contributed by atoms with Crippen molar-refractivity contribution in [2.24, 2.45) is 0 Å². The Bertz CT molecular complexity index is 269. The average Bonchev–Trinajstić information content (AvgIpc) is 2.66. The molecule has 0 saturated carbocycles. The van der Waals surface area contributed by atoms with Crippen LogP contribution in [0.2, 0.25) is 0 Å². The van der Waals surface area contributed by atoms with Crippen LogP contribution < -0.4 is 0 Å². The molecule has 0 spiro atoms. The predicted molar refractivity (Wildman–Crippen MR) is 63.1 cm³/mol. The van der Waals surface area contributed by atoms with Gasteiger partial charge in [0.25, 0.3) is 0 Å². The molecule has 1 rings (SSSR count). The Labute approximate surface area is 95.0 Å². The highest BCUT2D eigenvalue weighted by molar-refractivity contribution is 7.11. The molecule has 0 aromatic carbocycles. The summed E-state index contributed by atoms with van der Waals surface area (Å²) >= 11 is 1.81. The molecule has 4 heteroatoms. The molecule has 0 aliphatic heterocycles. The van der Waals surface area contributed by atoms with E-state index in [9.17, 15) is 0 Å². The average molecular weight is 229 g/mol. The molecule has 0 saturated heterocycles. The van der Waals surface area contributed by atoms with E-state index >= 15 is 0 Å². The summed E-state index contributed by atoms with van der Waals surface area (Å²) in [5.41, 5.74) is 0. The van der Waals surface area contributed by atoms with E-state index in [1.54, 1.807) is 0 Å². The van der Waals surface area contributed by atoms with Crippen LogP contribution in [0.15, 0.2) is 12.1 Å². The van der Waals surface area contributed by atoms with Crippen molar-refractivity contribution in [3.8, 4) is 0 Å². The van der Waals surface area contributed by atoms with Crippen LogP contribution in [-0.4, -0.2) is 41.4 Å². The lowest BCUT2D eigenvalue weighted by atomic mass is 10.3. The van der Waals surface area contributed by atoms with Crippen LogP contribution in [0, 0.1) is 0 Å². The van der Waals surface area contributed by atoms with Crippen LogP contribution in [0.1, 0.15) is 16.7 Å². The lowest BCUT2D eigenvalue weighted by molar-refractivity contribution is 0.157. The van der Waals surface area contributed by atoms with Gasteiger partial charge in [-0.25, -0.2) is 0 Å². The van der Waals surface area contributed by atoms with E-state index in [0.717, 1.165) is 13.0 Å². The molecule has 2 N–H and O–H groups in total. The summed E-state index contributed by atoms with van der Waals surface area (Å²) in [6.45, 7) is 4.51. The number of aliphatic hydroxyl groups excluding tert-OH is 2. The second-order valence-electron chi connectivity index (χ2n) is 3.44. The zero-order valence-corrected chi connectivity index (χ0v) is 9.96. The fraction of sp³-hybridized carbons (Fsp3) is 0.636. The molecule has 1 aromatic heterocycles. The van der Waals surface area contributed by atoms with Crippen molar-refractivity contribution in [1.82, 2.24) is 4.90 Å². The molecular weight excluding hydrogens is 210 g/mol. The van der Waals surface area contributed by atoms with E-state index in [1.165, 1.54) is 9.75 Å². The topological polar surface area (TPSA) is 43.7 Å². The summed E-state index contributed by atoms with van der Waals surface area (Å²) in [6.07, 6.45) is 1.07. The van der Waals surface area contributed by atoms with Crippen LogP contribution in [0.3, 0.4) is 0 Å². The van der Waals surface area contributed by atoms with E-state index < -0.39 is 0 Å². The molecule has 0 aliphatic carbocycles. The first kappa shape index (κ1) is 12.6. The lowest BCUT2D eigenvalue weighted by Gasteiger charge is -2.18. The van der Waals surface area contributed by atoms with Gasteiger partial charge in [0, 0.05) is 29.4 Å². The van der Waals surface area contributed by atoms with E-state index in [-0.39, 0.29) is 13.2 Å². The van der Waals surface area contributed by atoms with Crippen LogP contribution in [0.25, 0.3) is 0 Å². The predicted octanol–water partition coefficient (Wildman–Crippen LogP) is 1.10. The second-order valence-corrected chi connectivity index (χ2v) is 4.70. The molecule has 86 valence electrons. The van der Waals surface area contributed by atoms with Gasteiger partial charge in [-0.1, -0.05) is 6.92 Å². The van der Waals surface area contributed by atoms with E-state index in [1.807, 2.05) is 11.3 Å². The Morgan fingerprint density at radius 1 is 1.13 bits per heavy atom. The van der Waals surface area contributed by atoms with Crippen molar-refractivity contribution >= 4 is 11.3 Å². The van der Waals surface area contributed by atoms with Crippen molar-refractivity contribution in [1.29, 1.82) is 0 Å². The first-order valence-corrected chi connectivity index (χ1v) is 6.13. The highest BCUT2D eigenvalue weighted by atomic mass is 32.1. The molecule has 3 nitrogen and oxygen atoms in total. The monoisotopic (exact) mass is 229 g/mol. The molecule has 0 fully saturated rings. The smallest absolute Gasteiger partial charge is 0.0558 e. The zero-order valence-electron chi connectivity index (χ0n) is 9.15. The molecule has 1 aromatic rings. The minimum Gasteiger partial charge on any atom is -0.395 e. The standard InChI is InChI=1S/C11H19NO2S/c1-2-10-3-4-11(15-10)9-12(5-7-13)6-8-14/h3-4,13-14H,2,5-9H2,1H3. The van der Waals surface area contributed by atoms with Gasteiger partial charge in [0.2, 0.25) is 0 Å². The van der Waals surface area contributed by atoms with Crippen LogP contribution in [0.4, 0.5) is 0 Å². The number of aliphatic hydroxyl groups is 2. The van der Waals surface area contributed by atoms with Gasteiger partial charge in [0.15, 0.2) is 0 Å². The molecule has 0 aliphatic rings. The number of thiophene rings is 1. The zero-order chi connectivity index (χ0) is 11.1. The van der Waals surface area contributed by atoms with Crippen molar-refractivity contribution in [3.05, 3.63) is 21.9 Å². The summed E-state index contributed by atoms with van der Waals surface area (Å²) in [5, 5.41) is 17.7. The first-order chi connectivity index (χ1) is 7.30. The maximum Gasteiger partial charge on any atom is 0.0558 e. The minimum absolute atomic E-state index is 0.145. The van der Waals surface area contributed by atoms with E-state index in [4.69, 9.17) is 10.2 Å². The van der Waals surface area contributed by atoms with Crippen molar-refractivity contribution < 1.29 is 10.2 Å². The van der Waals surface area contributed by atoms with Crippen LogP contribution in [-0.2, 0) is 13.0 Å². The van der Waals surface area contributed by atoms with Gasteiger partial charge in [0.05, 0.1) is 13.2 Å². The van der Waals surface area contributed by atoms with E-state index in [0.29, 0.717) is 13.1 Å². The largest absolute Gasteiger partial charge is 0.395 e. The highest BCUT2D eigenvalue weighted by Crippen LogP contribution is 2.18. The summed E-state index contributed by atoms with van der Waals surface area (Å²) in [6, 6.07) is 4.28. The molecule has 0 unspecified atom stereocenters. The number of hydrogen-bond donors (Lipinski definition) is 2. The molecule has 1 heterocycles. The fourth-order valence-corrected chi connectivity index (χ4v) is 2.47. The molecule has 0 radical (unpaired) electrons. The SMILES string of the molecule is CCc1ccc(CN(CCO)CCO)s1. The van der Waals surface area contributed by atoms with Crippen LogP contribution >= 0.6 is 11.3 Å². The normalized spacial score (nSPS) is 11.2. The van der Waals surface area contributed by atoms with Gasteiger partial charge in [0.1, 0.15) is 0 Å². The third-order valence-corrected chi connectivity index (χ3v) is 3.49. The minimum atomic E-state index is 0.145. The van der Waals surface area contributed by atoms with Gasteiger partial charge in [-0.15, -0.1) is 11.3 Å². The van der Waals surface area contributed by atoms with Gasteiger partial charge in [-0.05, 0) is 18.6 Å². The van der Waals surface area contributed by atoms with Gasteiger partial charge >= 0.3 is 0 Å². The number of aryl methyl sites for hydroxylation is 1. The lowest BCUT2D eigenvalue weighted by Crippen LogP contribution is -2.28. The second kappa shape index (κ2) is 6.95. The van der Waals surface area contributed by atoms with Crippen molar-refractivity contribution in [2.45, 2.75) is 19.9 Å². The summed E-state index contributed by atoms with van der Waals surface area (Å²) in [5.74, 6) is 0.